The Hall–Kier alpha value is -2.47. The lowest BCUT2D eigenvalue weighted by Gasteiger charge is -2.04. The van der Waals surface area contributed by atoms with Gasteiger partial charge in [0.2, 0.25) is 11.8 Å². The minimum absolute atomic E-state index is 0. The molecule has 0 fully saturated rings. The van der Waals surface area contributed by atoms with E-state index in [1.165, 1.54) is 7.11 Å². The lowest BCUT2D eigenvalue weighted by atomic mass is 10.3. The summed E-state index contributed by atoms with van der Waals surface area (Å²) in [4.78, 5) is 18.1. The first-order valence-corrected chi connectivity index (χ1v) is 6.33. The highest BCUT2D eigenvalue weighted by Gasteiger charge is 1.99. The van der Waals surface area contributed by atoms with Crippen molar-refractivity contribution >= 4 is 6.29 Å². The van der Waals surface area contributed by atoms with E-state index >= 15 is 0 Å². The minimum atomic E-state index is 0. The number of carbonyl (C=O) groups is 1. The molecule has 6 heteroatoms. The Bertz CT molecular complexity index is 562. The Labute approximate surface area is 131 Å². The molecule has 0 spiro atoms. The third kappa shape index (κ3) is 5.88. The average molecular weight is 305 g/mol. The molecule has 0 saturated heterocycles. The summed E-state index contributed by atoms with van der Waals surface area (Å²) in [5.41, 5.74) is 1.56. The highest BCUT2D eigenvalue weighted by molar-refractivity contribution is 5.77. The minimum Gasteiger partial charge on any atom is -0.481 e. The fourth-order valence-electron chi connectivity index (χ4n) is 1.60. The van der Waals surface area contributed by atoms with Crippen LogP contribution in [0.1, 0.15) is 23.3 Å². The zero-order valence-electron chi connectivity index (χ0n) is 12.4. The third-order valence-electron chi connectivity index (χ3n) is 2.53. The van der Waals surface area contributed by atoms with Gasteiger partial charge in [-0.05, 0) is 25.2 Å². The number of hydrogen-bond donors (Lipinski definition) is 1. The number of pyridine rings is 2. The molecule has 0 aromatic carbocycles. The Kier molecular flexibility index (Phi) is 9.96. The molecule has 0 aliphatic carbocycles. The molecule has 0 aliphatic rings. The summed E-state index contributed by atoms with van der Waals surface area (Å²) in [6.45, 7) is 0.789. The number of ether oxygens (including phenoxy) is 2. The van der Waals surface area contributed by atoms with Crippen molar-refractivity contribution in [2.45, 2.75) is 14.0 Å². The van der Waals surface area contributed by atoms with Crippen LogP contribution in [0, 0.1) is 0 Å². The number of nitrogens with one attached hydrogen (secondary N) is 1. The van der Waals surface area contributed by atoms with Crippen molar-refractivity contribution in [2.24, 2.45) is 0 Å². The van der Waals surface area contributed by atoms with Gasteiger partial charge >= 0.3 is 0 Å². The molecule has 1 N–H and O–H groups in total. The maximum Gasteiger partial charge on any atom is 0.223 e. The van der Waals surface area contributed by atoms with E-state index in [0.29, 0.717) is 23.6 Å². The van der Waals surface area contributed by atoms with Gasteiger partial charge in [0.25, 0.3) is 0 Å². The highest BCUT2D eigenvalue weighted by Crippen LogP contribution is 2.12. The van der Waals surface area contributed by atoms with Crippen LogP contribution >= 0.6 is 0 Å². The van der Waals surface area contributed by atoms with E-state index in [-0.39, 0.29) is 7.43 Å². The van der Waals surface area contributed by atoms with Crippen LogP contribution in [0.15, 0.2) is 36.7 Å². The van der Waals surface area contributed by atoms with Crippen molar-refractivity contribution in [3.8, 4) is 11.8 Å². The molecule has 120 valence electrons. The first-order chi connectivity index (χ1) is 10.3. The van der Waals surface area contributed by atoms with Gasteiger partial charge in [-0.15, -0.1) is 0 Å². The van der Waals surface area contributed by atoms with Crippen LogP contribution in [-0.4, -0.2) is 37.5 Å². The molecule has 0 atom stereocenters. The second-order valence-corrected chi connectivity index (χ2v) is 3.92. The third-order valence-corrected chi connectivity index (χ3v) is 2.53. The molecular weight excluding hydrogens is 282 g/mol. The fraction of sp³-hybridized carbons (Fsp3) is 0.312. The number of aldehydes is 1. The van der Waals surface area contributed by atoms with Crippen LogP contribution in [0.4, 0.5) is 0 Å². The van der Waals surface area contributed by atoms with Gasteiger partial charge in [0.1, 0.15) is 0 Å². The van der Waals surface area contributed by atoms with Gasteiger partial charge in [0, 0.05) is 24.5 Å². The van der Waals surface area contributed by atoms with Crippen LogP contribution in [-0.2, 0) is 6.54 Å². The van der Waals surface area contributed by atoms with E-state index in [1.807, 2.05) is 19.2 Å². The van der Waals surface area contributed by atoms with E-state index in [0.717, 1.165) is 12.1 Å². The van der Waals surface area contributed by atoms with Crippen molar-refractivity contribution in [1.29, 1.82) is 0 Å². The van der Waals surface area contributed by atoms with Crippen molar-refractivity contribution in [1.82, 2.24) is 15.3 Å². The van der Waals surface area contributed by atoms with Crippen LogP contribution in [0.5, 0.6) is 11.8 Å². The van der Waals surface area contributed by atoms with E-state index < -0.39 is 0 Å². The Balaban J connectivity index is 0.000000385. The molecule has 2 heterocycles. The lowest BCUT2D eigenvalue weighted by Crippen LogP contribution is -2.07. The molecular formula is C16H23N3O3. The second-order valence-electron chi connectivity index (χ2n) is 3.92. The molecule has 0 aliphatic heterocycles. The first-order valence-electron chi connectivity index (χ1n) is 6.33. The summed E-state index contributed by atoms with van der Waals surface area (Å²) >= 11 is 0. The fourth-order valence-corrected chi connectivity index (χ4v) is 1.60. The summed E-state index contributed by atoms with van der Waals surface area (Å²) < 4.78 is 9.84. The molecule has 2 rings (SSSR count). The van der Waals surface area contributed by atoms with E-state index in [9.17, 15) is 4.79 Å². The maximum absolute atomic E-state index is 10.3. The summed E-state index contributed by atoms with van der Waals surface area (Å²) in [7, 11) is 5.00. The number of rotatable bonds is 5. The largest absolute Gasteiger partial charge is 0.481 e. The number of nitrogens with zero attached hydrogens (tertiary/aromatic N) is 2. The van der Waals surface area contributed by atoms with Crippen molar-refractivity contribution in [3.05, 3.63) is 47.8 Å². The van der Waals surface area contributed by atoms with Crippen LogP contribution in [0.3, 0.4) is 0 Å². The summed E-state index contributed by atoms with van der Waals surface area (Å²) in [5.74, 6) is 1.07. The second kappa shape index (κ2) is 11.2. The first kappa shape index (κ1) is 19.5. The number of carbonyl (C=O) groups excluding carboxylic acids is 1. The van der Waals surface area contributed by atoms with Crippen molar-refractivity contribution < 1.29 is 14.3 Å². The zero-order valence-corrected chi connectivity index (χ0v) is 12.4. The maximum atomic E-state index is 10.3. The Morgan fingerprint density at radius 2 is 1.68 bits per heavy atom. The predicted molar refractivity (Wildman–Crippen MR) is 86.5 cm³/mol. The molecule has 0 saturated carbocycles. The number of methoxy groups -OCH3 is 2. The number of hydrogen-bond acceptors (Lipinski definition) is 6. The monoisotopic (exact) mass is 305 g/mol. The van der Waals surface area contributed by atoms with Gasteiger partial charge in [-0.3, -0.25) is 4.79 Å². The van der Waals surface area contributed by atoms with Gasteiger partial charge < -0.3 is 14.8 Å². The smallest absolute Gasteiger partial charge is 0.223 e. The normalized spacial score (nSPS) is 8.86. The summed E-state index contributed by atoms with van der Waals surface area (Å²) in [6, 6.07) is 7.22. The summed E-state index contributed by atoms with van der Waals surface area (Å²) in [6.07, 6.45) is 4.01. The highest BCUT2D eigenvalue weighted by atomic mass is 16.5. The Morgan fingerprint density at radius 3 is 2.18 bits per heavy atom. The van der Waals surface area contributed by atoms with Crippen molar-refractivity contribution in [2.75, 3.05) is 21.3 Å². The van der Waals surface area contributed by atoms with E-state index in [4.69, 9.17) is 9.47 Å². The predicted octanol–water partition coefficient (Wildman–Crippen LogP) is 2.35. The quantitative estimate of drug-likeness (QED) is 0.855. The van der Waals surface area contributed by atoms with Crippen LogP contribution in [0.2, 0.25) is 0 Å². The van der Waals surface area contributed by atoms with Crippen molar-refractivity contribution in [3.63, 3.8) is 0 Å². The van der Waals surface area contributed by atoms with Crippen LogP contribution in [0.25, 0.3) is 0 Å². The zero-order chi connectivity index (χ0) is 15.5. The molecule has 6 nitrogen and oxygen atoms in total. The van der Waals surface area contributed by atoms with Gasteiger partial charge in [0.15, 0.2) is 6.29 Å². The van der Waals surface area contributed by atoms with Gasteiger partial charge in [-0.25, -0.2) is 9.97 Å². The van der Waals surface area contributed by atoms with Gasteiger partial charge in [-0.2, -0.15) is 0 Å². The molecule has 2 aromatic rings. The molecule has 0 bridgehead atoms. The van der Waals surface area contributed by atoms with Gasteiger partial charge in [0.05, 0.1) is 19.8 Å². The standard InChI is InChI=1S/C8H12N2O.C7H7NO2.CH4/c1-9-6-7-4-3-5-10-8(7)11-2;1-10-7-6(5-9)3-2-4-8-7;/h3-5,9H,6H2,1-2H3;2-5H,1H3;1H4. The molecule has 22 heavy (non-hydrogen) atoms. The van der Waals surface area contributed by atoms with E-state index in [2.05, 4.69) is 15.3 Å². The van der Waals surface area contributed by atoms with E-state index in [1.54, 1.807) is 31.6 Å². The molecule has 0 amide bonds. The molecule has 2 aromatic heterocycles. The van der Waals surface area contributed by atoms with Gasteiger partial charge in [-0.1, -0.05) is 13.5 Å². The Morgan fingerprint density at radius 1 is 1.09 bits per heavy atom. The molecule has 0 unspecified atom stereocenters. The van der Waals surface area contributed by atoms with Crippen LogP contribution < -0.4 is 14.8 Å². The topological polar surface area (TPSA) is 73.3 Å². The lowest BCUT2D eigenvalue weighted by molar-refractivity contribution is 0.112. The SMILES string of the molecule is C.CNCc1cccnc1OC.COc1ncccc1C=O. The average Bonchev–Trinajstić information content (AvgIpc) is 2.56. The molecule has 0 radical (unpaired) electrons. The summed E-state index contributed by atoms with van der Waals surface area (Å²) in [5, 5.41) is 3.04. The number of aromatic nitrogens is 2.